The van der Waals surface area contributed by atoms with Crippen LogP contribution in [0.15, 0.2) is 164 Å². The average Bonchev–Trinajstić information content (AvgIpc) is 1.48. The van der Waals surface area contributed by atoms with Crippen LogP contribution in [-0.2, 0) is 115 Å². The number of aromatic hydroxyl groups is 3. The van der Waals surface area contributed by atoms with Gasteiger partial charge in [-0.25, -0.2) is 4.79 Å². The molecule has 23 N–H and O–H groups in total. The van der Waals surface area contributed by atoms with Gasteiger partial charge >= 0.3 is 17.9 Å². The molecule has 0 aliphatic carbocycles. The van der Waals surface area contributed by atoms with Gasteiger partial charge in [-0.05, 0) is 121 Å². The number of rotatable bonds is 50. The van der Waals surface area contributed by atoms with E-state index in [2.05, 4.69) is 74.1 Å². The number of para-hydroxylation sites is 1. The van der Waals surface area contributed by atoms with Crippen LogP contribution in [0, 0.1) is 11.8 Å². The van der Waals surface area contributed by atoms with Crippen molar-refractivity contribution >= 4 is 106 Å². The number of aliphatic hydroxyl groups excluding tert-OH is 3. The summed E-state index contributed by atoms with van der Waals surface area (Å²) in [7, 11) is 0. The normalized spacial score (nSPS) is 14.7. The standard InChI is InChI=1S/C90H112N14O25/c1-47(2)36-64(95-81(119)67(40-54-22-28-58(109)29-23-54)98-82(120)66(38-52-16-10-8-11-17-52)100-88(126)73(46-105)102-84(122)71(43-57-45-91-62-21-15-14-20-61(57)62)101-85(123)72(44-75(114)115)92-51(7)108)79(117)94-65(37-48(3)4)80(118)97-68(41-55-24-30-59(110)31-25-55)83(121)99-70(42-56-26-32-60(111)33-27-56)86(124)103-76(49(5)106)89(127)93-63(34-35-74(112)113)78(116)96-69(39-53-18-12-9-13-19-53)87(125)104-77(50(6)107)90(128)129/h8-33,45,47-50,63-73,76-77,91,105-107,109-111H,34-44,46H2,1-7H3,(H,92,108)(H,93,127)(H,94,117)(H,95,119)(H,96,116)(H,97,118)(H,98,120)(H,99,121)(H,100,126)(H,101,123)(H,102,122)(H,103,124)(H,104,125)(H,112,113)(H,114,115)(H,128,129)/t49-,50-,63+,64+,65+,66+,67+,68+,69+,70+,71+,72+,73+,76+,77+/m1/s1. The molecule has 7 aromatic rings. The van der Waals surface area contributed by atoms with Crippen LogP contribution in [0.5, 0.6) is 17.2 Å². The molecule has 0 aliphatic rings. The Labute approximate surface area is 741 Å². The van der Waals surface area contributed by atoms with Crippen LogP contribution in [0.3, 0.4) is 0 Å². The molecule has 692 valence electrons. The number of benzene rings is 6. The Morgan fingerprint density at radius 1 is 0.318 bits per heavy atom. The molecule has 1 aromatic heterocycles. The first-order valence-corrected chi connectivity index (χ1v) is 41.7. The quantitative estimate of drug-likeness (QED) is 0.0231. The summed E-state index contributed by atoms with van der Waals surface area (Å²) in [6, 6.07) is 16.9. The zero-order valence-corrected chi connectivity index (χ0v) is 71.9. The van der Waals surface area contributed by atoms with E-state index in [0.717, 1.165) is 20.8 Å². The van der Waals surface area contributed by atoms with Crippen LogP contribution < -0.4 is 69.1 Å². The SMILES string of the molecule is CC(=O)N[C@@H](CC(=O)O)C(=O)N[C@@H](Cc1c[nH]c2ccccc12)C(=O)N[C@@H](CO)C(=O)N[C@@H](Cc1ccccc1)C(=O)N[C@@H](Cc1ccc(O)cc1)C(=O)N[C@@H](CC(C)C)C(=O)N[C@@H](CC(C)C)C(=O)N[C@@H](Cc1ccc(O)cc1)C(=O)N[C@@H](Cc1ccc(O)cc1)C(=O)N[C@H](C(=O)N[C@@H](CCC(=O)O)C(=O)N[C@@H](Cc1ccccc1)C(=O)N[C@H](C(=O)O)[C@@H](C)O)[C@@H](C)O. The minimum absolute atomic E-state index is 0.132. The number of phenols is 3. The summed E-state index contributed by atoms with van der Waals surface area (Å²) in [6.45, 7) is 8.94. The van der Waals surface area contributed by atoms with E-state index >= 15 is 24.0 Å². The minimum atomic E-state index is -2.04. The van der Waals surface area contributed by atoms with Gasteiger partial charge in [-0.1, -0.05) is 143 Å². The Hall–Kier alpha value is -14.3. The summed E-state index contributed by atoms with van der Waals surface area (Å²) in [5.41, 5.74) is 2.93. The van der Waals surface area contributed by atoms with Crippen LogP contribution in [0.1, 0.15) is 114 Å². The first kappa shape index (κ1) is 102. The van der Waals surface area contributed by atoms with Crippen LogP contribution in [0.2, 0.25) is 0 Å². The number of aromatic nitrogens is 1. The zero-order valence-electron chi connectivity index (χ0n) is 71.9. The number of hydrogen-bond acceptors (Lipinski definition) is 22. The van der Waals surface area contributed by atoms with Crippen molar-refractivity contribution in [2.75, 3.05) is 6.61 Å². The number of aliphatic hydroxyl groups is 3. The number of carbonyl (C=O) groups is 16. The molecule has 0 spiro atoms. The number of amides is 13. The highest BCUT2D eigenvalue weighted by Crippen LogP contribution is 2.23. The van der Waals surface area contributed by atoms with E-state index in [1.54, 1.807) is 119 Å². The van der Waals surface area contributed by atoms with Crippen molar-refractivity contribution in [2.24, 2.45) is 11.8 Å². The molecule has 39 heteroatoms. The Bertz CT molecular complexity index is 5020. The summed E-state index contributed by atoms with van der Waals surface area (Å²) in [5.74, 6) is -19.9. The third kappa shape index (κ3) is 33.2. The number of phenolic OH excluding ortho intramolecular Hbond substituents is 3. The largest absolute Gasteiger partial charge is 0.508 e. The molecule has 39 nitrogen and oxygen atoms in total. The number of aliphatic carboxylic acids is 3. The Kier molecular flexibility index (Phi) is 39.1. The molecule has 0 unspecified atom stereocenters. The van der Waals surface area contributed by atoms with Gasteiger partial charge in [0.05, 0.1) is 25.2 Å². The maximum atomic E-state index is 15.2. The van der Waals surface area contributed by atoms with Gasteiger partial charge in [0.15, 0.2) is 6.04 Å². The van der Waals surface area contributed by atoms with E-state index in [9.17, 15) is 98.7 Å². The predicted molar refractivity (Wildman–Crippen MR) is 465 cm³/mol. The van der Waals surface area contributed by atoms with E-state index in [1.807, 2.05) is 0 Å². The molecule has 0 saturated heterocycles. The molecule has 13 amide bonds. The topological polar surface area (TPSA) is 627 Å². The Balaban J connectivity index is 1.15. The summed E-state index contributed by atoms with van der Waals surface area (Å²) in [4.78, 5) is 227. The Morgan fingerprint density at radius 3 is 0.969 bits per heavy atom. The second kappa shape index (κ2) is 49.5. The van der Waals surface area contributed by atoms with Gasteiger partial charge in [-0.15, -0.1) is 0 Å². The van der Waals surface area contributed by atoms with Crippen molar-refractivity contribution in [2.45, 2.75) is 210 Å². The molecule has 129 heavy (non-hydrogen) atoms. The number of carboxylic acids is 3. The van der Waals surface area contributed by atoms with Gasteiger partial charge < -0.3 is 120 Å². The van der Waals surface area contributed by atoms with Crippen molar-refractivity contribution in [3.05, 3.63) is 197 Å². The number of aromatic amines is 1. The van der Waals surface area contributed by atoms with Crippen LogP contribution in [0.4, 0.5) is 0 Å². The lowest BCUT2D eigenvalue weighted by atomic mass is 9.98. The zero-order chi connectivity index (χ0) is 94.9. The van der Waals surface area contributed by atoms with Gasteiger partial charge in [-0.3, -0.25) is 71.9 Å². The molecule has 0 bridgehead atoms. The van der Waals surface area contributed by atoms with E-state index in [-0.39, 0.29) is 61.3 Å². The average molecular weight is 1790 g/mol. The maximum absolute atomic E-state index is 15.2. The number of carboxylic acid groups (broad SMARTS) is 3. The molecule has 1 heterocycles. The van der Waals surface area contributed by atoms with E-state index < -0.39 is 236 Å². The monoisotopic (exact) mass is 1790 g/mol. The molecule has 0 saturated carbocycles. The molecule has 0 aliphatic heterocycles. The smallest absolute Gasteiger partial charge is 0.328 e. The highest BCUT2D eigenvalue weighted by atomic mass is 16.4. The lowest BCUT2D eigenvalue weighted by Crippen LogP contribution is -2.62. The fourth-order valence-corrected chi connectivity index (χ4v) is 13.9. The van der Waals surface area contributed by atoms with Gasteiger partial charge in [0.1, 0.15) is 89.8 Å². The highest BCUT2D eigenvalue weighted by molar-refractivity contribution is 6.01. The number of nitrogens with one attached hydrogen (secondary N) is 14. The first-order chi connectivity index (χ1) is 61.1. The Morgan fingerprint density at radius 2 is 0.620 bits per heavy atom. The lowest BCUT2D eigenvalue weighted by Gasteiger charge is -2.30. The van der Waals surface area contributed by atoms with Crippen molar-refractivity contribution in [1.29, 1.82) is 0 Å². The van der Waals surface area contributed by atoms with Crippen LogP contribution >= 0.6 is 0 Å². The highest BCUT2D eigenvalue weighted by Gasteiger charge is 2.40. The second-order valence-corrected chi connectivity index (χ2v) is 32.2. The van der Waals surface area contributed by atoms with Gasteiger partial charge in [-0.2, -0.15) is 0 Å². The van der Waals surface area contributed by atoms with E-state index in [4.69, 9.17) is 0 Å². The fourth-order valence-electron chi connectivity index (χ4n) is 13.9. The number of fused-ring (bicyclic) bond motifs is 1. The molecule has 7 rings (SSSR count). The maximum Gasteiger partial charge on any atom is 0.328 e. The molecular weight excluding hydrogens is 1680 g/mol. The van der Waals surface area contributed by atoms with Crippen molar-refractivity contribution in [3.8, 4) is 17.2 Å². The summed E-state index contributed by atoms with van der Waals surface area (Å²) < 4.78 is 0. The second-order valence-electron chi connectivity index (χ2n) is 32.2. The van der Waals surface area contributed by atoms with Crippen molar-refractivity contribution < 1.29 is 123 Å². The summed E-state index contributed by atoms with van der Waals surface area (Å²) in [6.07, 6.45) is -6.63. The number of hydrogen-bond donors (Lipinski definition) is 23. The number of carbonyl (C=O) groups excluding carboxylic acids is 13. The predicted octanol–water partition coefficient (Wildman–Crippen LogP) is -0.367. The minimum Gasteiger partial charge on any atom is -0.508 e. The summed E-state index contributed by atoms with van der Waals surface area (Å²) in [5, 5.41) is 125. The van der Waals surface area contributed by atoms with Crippen LogP contribution in [-0.4, -0.2) is 243 Å². The van der Waals surface area contributed by atoms with E-state index in [0.29, 0.717) is 38.7 Å². The third-order valence-corrected chi connectivity index (χ3v) is 20.5. The molecule has 0 radical (unpaired) electrons. The van der Waals surface area contributed by atoms with Crippen molar-refractivity contribution in [3.63, 3.8) is 0 Å². The summed E-state index contributed by atoms with van der Waals surface area (Å²) >= 11 is 0. The molecule has 15 atom stereocenters. The van der Waals surface area contributed by atoms with Gasteiger partial charge in [0, 0.05) is 69.0 Å². The molecule has 0 fully saturated rings. The molecule has 6 aromatic carbocycles. The van der Waals surface area contributed by atoms with Gasteiger partial charge in [0.2, 0.25) is 76.8 Å². The third-order valence-electron chi connectivity index (χ3n) is 20.5. The van der Waals surface area contributed by atoms with Crippen LogP contribution in [0.25, 0.3) is 10.9 Å². The lowest BCUT2D eigenvalue weighted by molar-refractivity contribution is -0.145. The first-order valence-electron chi connectivity index (χ1n) is 41.7. The number of H-pyrrole nitrogens is 1. The van der Waals surface area contributed by atoms with E-state index in [1.165, 1.54) is 72.8 Å². The fraction of sp³-hybridized carbons (Fsp3) is 0.400. The van der Waals surface area contributed by atoms with Gasteiger partial charge in [0.25, 0.3) is 0 Å². The van der Waals surface area contributed by atoms with Crippen molar-refractivity contribution in [1.82, 2.24) is 74.1 Å². The molecular formula is C90H112N14O25.